The smallest absolute Gasteiger partial charge is 0.147 e. The second kappa shape index (κ2) is 9.23. The molecule has 0 aliphatic carbocycles. The van der Waals surface area contributed by atoms with E-state index in [2.05, 4.69) is 21.2 Å². The van der Waals surface area contributed by atoms with E-state index in [0.29, 0.717) is 19.8 Å². The third-order valence-electron chi connectivity index (χ3n) is 2.42. The summed E-state index contributed by atoms with van der Waals surface area (Å²) in [4.78, 5) is 0. The van der Waals surface area contributed by atoms with Crippen LogP contribution in [0.5, 0.6) is 0 Å². The van der Waals surface area contributed by atoms with Gasteiger partial charge in [-0.05, 0) is 28.9 Å². The fourth-order valence-electron chi connectivity index (χ4n) is 1.43. The van der Waals surface area contributed by atoms with Crippen molar-refractivity contribution in [1.29, 1.82) is 0 Å². The topological polar surface area (TPSA) is 50.7 Å². The van der Waals surface area contributed by atoms with E-state index < -0.39 is 17.7 Å². The van der Waals surface area contributed by atoms with Gasteiger partial charge in [-0.3, -0.25) is 0 Å². The van der Waals surface area contributed by atoms with Crippen molar-refractivity contribution in [1.82, 2.24) is 0 Å². The average Bonchev–Trinajstić information content (AvgIpc) is 2.41. The summed E-state index contributed by atoms with van der Waals surface area (Å²) >= 11 is 2.89. The number of ether oxygens (including phenoxy) is 2. The predicted octanol–water partition coefficient (Wildman–Crippen LogP) is 2.55. The van der Waals surface area contributed by atoms with Crippen LogP contribution in [-0.4, -0.2) is 44.2 Å². The van der Waals surface area contributed by atoms with E-state index in [9.17, 15) is 13.9 Å². The Morgan fingerprint density at radius 2 is 1.95 bits per heavy atom. The molecule has 1 rings (SSSR count). The minimum Gasteiger partial charge on any atom is -0.389 e. The third-order valence-corrected chi connectivity index (χ3v) is 3.03. The first-order chi connectivity index (χ1) is 9.54. The van der Waals surface area contributed by atoms with Crippen LogP contribution in [-0.2, 0) is 9.47 Å². The van der Waals surface area contributed by atoms with Gasteiger partial charge in [-0.15, -0.1) is 0 Å². The van der Waals surface area contributed by atoms with Crippen LogP contribution in [0.15, 0.2) is 16.6 Å². The molecule has 0 aliphatic heterocycles. The first kappa shape index (κ1) is 17.3. The van der Waals surface area contributed by atoms with Gasteiger partial charge in [0.25, 0.3) is 0 Å². The summed E-state index contributed by atoms with van der Waals surface area (Å²) in [6, 6.07) is 2.06. The molecule has 0 fully saturated rings. The summed E-state index contributed by atoms with van der Waals surface area (Å²) in [7, 11) is 0. The van der Waals surface area contributed by atoms with Crippen molar-refractivity contribution in [2.75, 3.05) is 38.3 Å². The van der Waals surface area contributed by atoms with Crippen molar-refractivity contribution >= 4 is 21.6 Å². The molecule has 20 heavy (non-hydrogen) atoms. The van der Waals surface area contributed by atoms with Crippen LogP contribution in [0.2, 0.25) is 0 Å². The molecule has 114 valence electrons. The van der Waals surface area contributed by atoms with Gasteiger partial charge in [0, 0.05) is 19.2 Å². The number of benzene rings is 1. The summed E-state index contributed by atoms with van der Waals surface area (Å²) in [5.74, 6) is -1.17. The molecule has 0 amide bonds. The van der Waals surface area contributed by atoms with E-state index >= 15 is 0 Å². The van der Waals surface area contributed by atoms with Gasteiger partial charge in [-0.2, -0.15) is 0 Å². The molecule has 1 atom stereocenters. The summed E-state index contributed by atoms with van der Waals surface area (Å²) < 4.78 is 37.0. The zero-order valence-electron chi connectivity index (χ0n) is 11.2. The number of halogens is 3. The van der Waals surface area contributed by atoms with Crippen molar-refractivity contribution in [3.05, 3.63) is 28.2 Å². The first-order valence-electron chi connectivity index (χ1n) is 6.26. The van der Waals surface area contributed by atoms with Gasteiger partial charge in [0.2, 0.25) is 0 Å². The molecule has 7 heteroatoms. The van der Waals surface area contributed by atoms with E-state index in [1.165, 1.54) is 0 Å². The Balaban J connectivity index is 2.30. The lowest BCUT2D eigenvalue weighted by Crippen LogP contribution is -2.26. The number of hydrogen-bond acceptors (Lipinski definition) is 4. The summed E-state index contributed by atoms with van der Waals surface area (Å²) in [5, 5.41) is 12.3. The normalized spacial score (nSPS) is 12.4. The van der Waals surface area contributed by atoms with Crippen LogP contribution in [0.4, 0.5) is 14.5 Å². The Morgan fingerprint density at radius 3 is 2.65 bits per heavy atom. The van der Waals surface area contributed by atoms with Gasteiger partial charge in [-0.25, -0.2) is 8.78 Å². The maximum Gasteiger partial charge on any atom is 0.147 e. The van der Waals surface area contributed by atoms with Crippen LogP contribution in [0.25, 0.3) is 0 Å². The van der Waals surface area contributed by atoms with Crippen molar-refractivity contribution < 1.29 is 23.4 Å². The Labute approximate surface area is 125 Å². The Bertz CT molecular complexity index is 421. The van der Waals surface area contributed by atoms with Crippen LogP contribution in [0.3, 0.4) is 0 Å². The molecule has 0 aromatic heterocycles. The van der Waals surface area contributed by atoms with Crippen molar-refractivity contribution in [3.8, 4) is 0 Å². The van der Waals surface area contributed by atoms with E-state index in [-0.39, 0.29) is 23.3 Å². The van der Waals surface area contributed by atoms with Crippen molar-refractivity contribution in [2.45, 2.75) is 13.0 Å². The molecular weight excluding hydrogens is 336 g/mol. The lowest BCUT2D eigenvalue weighted by molar-refractivity contribution is 0.0103. The number of aliphatic hydroxyl groups is 1. The number of anilines is 1. The van der Waals surface area contributed by atoms with Crippen LogP contribution in [0.1, 0.15) is 6.92 Å². The van der Waals surface area contributed by atoms with E-state index in [1.807, 2.05) is 6.92 Å². The lowest BCUT2D eigenvalue weighted by Gasteiger charge is -2.14. The van der Waals surface area contributed by atoms with Gasteiger partial charge in [0.1, 0.15) is 11.6 Å². The average molecular weight is 354 g/mol. The maximum atomic E-state index is 13.5. The highest BCUT2D eigenvalue weighted by molar-refractivity contribution is 9.10. The molecule has 0 aliphatic rings. The number of rotatable bonds is 9. The van der Waals surface area contributed by atoms with Crippen LogP contribution < -0.4 is 5.32 Å². The molecule has 0 radical (unpaired) electrons. The summed E-state index contributed by atoms with van der Waals surface area (Å²) in [6.07, 6.45) is -0.817. The Hall–Kier alpha value is -0.760. The highest BCUT2D eigenvalue weighted by atomic mass is 79.9. The molecule has 1 aromatic carbocycles. The standard InChI is InChI=1S/C13H18BrF2NO3/c1-2-19-3-4-20-8-9(18)7-17-13-6-11(15)10(14)5-12(13)16/h5-6,9,17-18H,2-4,7-8H2,1H3. The molecule has 0 saturated heterocycles. The number of aliphatic hydroxyl groups excluding tert-OH is 1. The van der Waals surface area contributed by atoms with Gasteiger partial charge in [0.05, 0.1) is 36.1 Å². The minimum absolute atomic E-state index is 0.000865. The molecule has 0 saturated carbocycles. The summed E-state index contributed by atoms with van der Waals surface area (Å²) in [6.45, 7) is 3.50. The van der Waals surface area contributed by atoms with E-state index in [0.717, 1.165) is 12.1 Å². The molecule has 1 aromatic rings. The highest BCUT2D eigenvalue weighted by Gasteiger charge is 2.10. The molecule has 0 spiro atoms. The van der Waals surface area contributed by atoms with Gasteiger partial charge < -0.3 is 19.9 Å². The van der Waals surface area contributed by atoms with Crippen LogP contribution >= 0.6 is 15.9 Å². The van der Waals surface area contributed by atoms with Crippen molar-refractivity contribution in [3.63, 3.8) is 0 Å². The van der Waals surface area contributed by atoms with Gasteiger partial charge in [-0.1, -0.05) is 0 Å². The first-order valence-corrected chi connectivity index (χ1v) is 7.05. The highest BCUT2D eigenvalue weighted by Crippen LogP contribution is 2.23. The predicted molar refractivity (Wildman–Crippen MR) is 75.9 cm³/mol. The fraction of sp³-hybridized carbons (Fsp3) is 0.538. The maximum absolute atomic E-state index is 13.5. The number of nitrogens with one attached hydrogen (secondary N) is 1. The second-order valence-electron chi connectivity index (χ2n) is 4.05. The lowest BCUT2D eigenvalue weighted by atomic mass is 10.2. The zero-order chi connectivity index (χ0) is 15.0. The molecule has 2 N–H and O–H groups in total. The molecule has 0 heterocycles. The van der Waals surface area contributed by atoms with Gasteiger partial charge >= 0.3 is 0 Å². The Kier molecular flexibility index (Phi) is 7.98. The molecule has 1 unspecified atom stereocenters. The monoisotopic (exact) mass is 353 g/mol. The summed E-state index contributed by atoms with van der Waals surface area (Å²) in [5.41, 5.74) is -0.000865. The van der Waals surface area contributed by atoms with Crippen LogP contribution in [0, 0.1) is 11.6 Å². The molecule has 0 bridgehead atoms. The SMILES string of the molecule is CCOCCOCC(O)CNc1cc(F)c(Br)cc1F. The van der Waals surface area contributed by atoms with E-state index in [1.54, 1.807) is 0 Å². The molecule has 4 nitrogen and oxygen atoms in total. The minimum atomic E-state index is -0.817. The second-order valence-corrected chi connectivity index (χ2v) is 4.91. The number of hydrogen-bond donors (Lipinski definition) is 2. The fourth-order valence-corrected chi connectivity index (χ4v) is 1.74. The Morgan fingerprint density at radius 1 is 1.25 bits per heavy atom. The van der Waals surface area contributed by atoms with Gasteiger partial charge in [0.15, 0.2) is 0 Å². The zero-order valence-corrected chi connectivity index (χ0v) is 12.8. The quantitative estimate of drug-likeness (QED) is 0.529. The third kappa shape index (κ3) is 6.13. The van der Waals surface area contributed by atoms with Crippen molar-refractivity contribution in [2.24, 2.45) is 0 Å². The largest absolute Gasteiger partial charge is 0.389 e. The van der Waals surface area contributed by atoms with E-state index in [4.69, 9.17) is 9.47 Å². The molecular formula is C13H18BrF2NO3.